The van der Waals surface area contributed by atoms with Gasteiger partial charge in [0.25, 0.3) is 0 Å². The maximum atomic E-state index is 5.43. The second kappa shape index (κ2) is 4.83. The Morgan fingerprint density at radius 2 is 2.08 bits per heavy atom. The SMILES string of the molecule is CCC1(NCCCCN)CCC1. The molecule has 0 aliphatic heterocycles. The number of hydrogen-bond donors (Lipinski definition) is 2. The minimum atomic E-state index is 0.522. The Labute approximate surface area is 75.9 Å². The standard InChI is InChI=1S/C10H22N2/c1-2-10(6-5-7-10)12-9-4-3-8-11/h12H,2-9,11H2,1H3. The van der Waals surface area contributed by atoms with Gasteiger partial charge in [-0.15, -0.1) is 0 Å². The van der Waals surface area contributed by atoms with Gasteiger partial charge in [-0.3, -0.25) is 0 Å². The van der Waals surface area contributed by atoms with E-state index >= 15 is 0 Å². The summed E-state index contributed by atoms with van der Waals surface area (Å²) in [5.74, 6) is 0. The lowest BCUT2D eigenvalue weighted by Gasteiger charge is -2.42. The van der Waals surface area contributed by atoms with Crippen LogP contribution in [-0.4, -0.2) is 18.6 Å². The van der Waals surface area contributed by atoms with Gasteiger partial charge in [-0.1, -0.05) is 6.92 Å². The van der Waals surface area contributed by atoms with Gasteiger partial charge in [0.15, 0.2) is 0 Å². The minimum Gasteiger partial charge on any atom is -0.330 e. The van der Waals surface area contributed by atoms with E-state index in [0.29, 0.717) is 5.54 Å². The largest absolute Gasteiger partial charge is 0.330 e. The summed E-state index contributed by atoms with van der Waals surface area (Å²) in [5, 5.41) is 3.66. The van der Waals surface area contributed by atoms with E-state index in [-0.39, 0.29) is 0 Å². The van der Waals surface area contributed by atoms with Gasteiger partial charge in [-0.05, 0) is 51.6 Å². The molecular formula is C10H22N2. The summed E-state index contributed by atoms with van der Waals surface area (Å²) < 4.78 is 0. The van der Waals surface area contributed by atoms with Crippen LogP contribution in [-0.2, 0) is 0 Å². The number of hydrogen-bond acceptors (Lipinski definition) is 2. The van der Waals surface area contributed by atoms with Crippen molar-refractivity contribution < 1.29 is 0 Å². The molecule has 2 nitrogen and oxygen atoms in total. The number of unbranched alkanes of at least 4 members (excludes halogenated alkanes) is 1. The monoisotopic (exact) mass is 170 g/mol. The maximum absolute atomic E-state index is 5.43. The lowest BCUT2D eigenvalue weighted by Crippen LogP contribution is -2.50. The maximum Gasteiger partial charge on any atom is 0.0178 e. The lowest BCUT2D eigenvalue weighted by atomic mass is 9.75. The Kier molecular flexibility index (Phi) is 4.02. The van der Waals surface area contributed by atoms with Crippen LogP contribution in [0.2, 0.25) is 0 Å². The molecule has 0 bridgehead atoms. The molecule has 1 rings (SSSR count). The summed E-state index contributed by atoms with van der Waals surface area (Å²) >= 11 is 0. The van der Waals surface area contributed by atoms with Gasteiger partial charge in [-0.25, -0.2) is 0 Å². The zero-order chi connectivity index (χ0) is 8.86. The van der Waals surface area contributed by atoms with E-state index in [0.717, 1.165) is 19.5 Å². The average molecular weight is 170 g/mol. The van der Waals surface area contributed by atoms with Gasteiger partial charge in [0.05, 0.1) is 0 Å². The van der Waals surface area contributed by atoms with Crippen LogP contribution in [0.1, 0.15) is 45.4 Å². The molecule has 0 spiro atoms. The van der Waals surface area contributed by atoms with Gasteiger partial charge >= 0.3 is 0 Å². The Morgan fingerprint density at radius 3 is 2.50 bits per heavy atom. The fraction of sp³-hybridized carbons (Fsp3) is 1.00. The molecule has 1 aliphatic rings. The fourth-order valence-corrected chi connectivity index (χ4v) is 1.88. The van der Waals surface area contributed by atoms with Crippen molar-refractivity contribution in [2.24, 2.45) is 5.73 Å². The molecule has 72 valence electrons. The molecule has 1 saturated carbocycles. The van der Waals surface area contributed by atoms with Gasteiger partial charge < -0.3 is 11.1 Å². The third-order valence-electron chi connectivity index (χ3n) is 3.12. The highest BCUT2D eigenvalue weighted by Gasteiger charge is 2.33. The van der Waals surface area contributed by atoms with Crippen LogP contribution in [0.4, 0.5) is 0 Å². The minimum absolute atomic E-state index is 0.522. The van der Waals surface area contributed by atoms with E-state index in [1.165, 1.54) is 32.1 Å². The van der Waals surface area contributed by atoms with E-state index in [4.69, 9.17) is 5.73 Å². The van der Waals surface area contributed by atoms with Crippen molar-refractivity contribution in [3.63, 3.8) is 0 Å². The number of nitrogens with one attached hydrogen (secondary N) is 1. The van der Waals surface area contributed by atoms with E-state index in [1.54, 1.807) is 0 Å². The van der Waals surface area contributed by atoms with Crippen LogP contribution in [0.3, 0.4) is 0 Å². The molecule has 0 aromatic carbocycles. The summed E-state index contributed by atoms with van der Waals surface area (Å²) in [4.78, 5) is 0. The van der Waals surface area contributed by atoms with E-state index in [9.17, 15) is 0 Å². The van der Waals surface area contributed by atoms with Crippen molar-refractivity contribution in [2.45, 2.75) is 51.0 Å². The summed E-state index contributed by atoms with van der Waals surface area (Å²) in [6.45, 7) is 4.28. The average Bonchev–Trinajstić information content (AvgIpc) is 2.02. The first kappa shape index (κ1) is 10.0. The van der Waals surface area contributed by atoms with Crippen molar-refractivity contribution in [3.05, 3.63) is 0 Å². The molecular weight excluding hydrogens is 148 g/mol. The zero-order valence-corrected chi connectivity index (χ0v) is 8.23. The highest BCUT2D eigenvalue weighted by atomic mass is 15.0. The van der Waals surface area contributed by atoms with Crippen LogP contribution in [0, 0.1) is 0 Å². The molecule has 0 saturated heterocycles. The van der Waals surface area contributed by atoms with Crippen molar-refractivity contribution in [1.29, 1.82) is 0 Å². The quantitative estimate of drug-likeness (QED) is 0.595. The third-order valence-corrected chi connectivity index (χ3v) is 3.12. The molecule has 0 heterocycles. The van der Waals surface area contributed by atoms with Gasteiger partial charge in [-0.2, -0.15) is 0 Å². The highest BCUT2D eigenvalue weighted by molar-refractivity contribution is 4.94. The first-order chi connectivity index (χ1) is 5.83. The molecule has 0 unspecified atom stereocenters. The van der Waals surface area contributed by atoms with Crippen LogP contribution in [0.5, 0.6) is 0 Å². The lowest BCUT2D eigenvalue weighted by molar-refractivity contribution is 0.177. The fourth-order valence-electron chi connectivity index (χ4n) is 1.88. The van der Waals surface area contributed by atoms with E-state index in [2.05, 4.69) is 12.2 Å². The normalized spacial score (nSPS) is 20.5. The second-order valence-corrected chi connectivity index (χ2v) is 3.91. The molecule has 0 atom stereocenters. The number of nitrogens with two attached hydrogens (primary N) is 1. The molecule has 12 heavy (non-hydrogen) atoms. The molecule has 0 radical (unpaired) electrons. The van der Waals surface area contributed by atoms with E-state index < -0.39 is 0 Å². The van der Waals surface area contributed by atoms with Crippen molar-refractivity contribution >= 4 is 0 Å². The van der Waals surface area contributed by atoms with Gasteiger partial charge in [0, 0.05) is 5.54 Å². The molecule has 0 aromatic rings. The van der Waals surface area contributed by atoms with Crippen LogP contribution in [0.15, 0.2) is 0 Å². The molecule has 0 amide bonds. The van der Waals surface area contributed by atoms with E-state index in [1.807, 2.05) is 0 Å². The first-order valence-electron chi connectivity index (χ1n) is 5.28. The highest BCUT2D eigenvalue weighted by Crippen LogP contribution is 2.34. The van der Waals surface area contributed by atoms with Gasteiger partial charge in [0.1, 0.15) is 0 Å². The Hall–Kier alpha value is -0.0800. The Balaban J connectivity index is 2.04. The zero-order valence-electron chi connectivity index (χ0n) is 8.23. The van der Waals surface area contributed by atoms with Gasteiger partial charge in [0.2, 0.25) is 0 Å². The molecule has 3 N–H and O–H groups in total. The van der Waals surface area contributed by atoms with Crippen molar-refractivity contribution in [2.75, 3.05) is 13.1 Å². The first-order valence-corrected chi connectivity index (χ1v) is 5.28. The van der Waals surface area contributed by atoms with Crippen molar-refractivity contribution in [1.82, 2.24) is 5.32 Å². The summed E-state index contributed by atoms with van der Waals surface area (Å²) in [6.07, 6.45) is 7.86. The topological polar surface area (TPSA) is 38.0 Å². The Bertz CT molecular complexity index is 113. The van der Waals surface area contributed by atoms with Crippen molar-refractivity contribution in [3.8, 4) is 0 Å². The predicted octanol–water partition coefficient (Wildman–Crippen LogP) is 1.65. The summed E-state index contributed by atoms with van der Waals surface area (Å²) in [5.41, 5.74) is 5.95. The molecule has 1 fully saturated rings. The van der Waals surface area contributed by atoms with Crippen LogP contribution in [0.25, 0.3) is 0 Å². The summed E-state index contributed by atoms with van der Waals surface area (Å²) in [6, 6.07) is 0. The third kappa shape index (κ3) is 2.46. The predicted molar refractivity (Wildman–Crippen MR) is 53.2 cm³/mol. The number of rotatable bonds is 6. The Morgan fingerprint density at radius 1 is 1.33 bits per heavy atom. The molecule has 0 aromatic heterocycles. The van der Waals surface area contributed by atoms with Crippen LogP contribution >= 0.6 is 0 Å². The summed E-state index contributed by atoms with van der Waals surface area (Å²) in [7, 11) is 0. The van der Waals surface area contributed by atoms with Crippen LogP contribution < -0.4 is 11.1 Å². The smallest absolute Gasteiger partial charge is 0.0178 e. The molecule has 1 aliphatic carbocycles. The molecule has 2 heteroatoms. The second-order valence-electron chi connectivity index (χ2n) is 3.91.